The molecule has 0 atom stereocenters. The molecule has 0 spiro atoms. The molecule has 0 radical (unpaired) electrons. The van der Waals surface area contributed by atoms with Crippen molar-refractivity contribution in [1.82, 2.24) is 0 Å². The lowest BCUT2D eigenvalue weighted by Crippen LogP contribution is -2.61. The monoisotopic (exact) mass is 434 g/mol. The molecule has 6 heteroatoms. The molecule has 0 aliphatic heterocycles. The first kappa shape index (κ1) is 29.8. The molecule has 182 valence electrons. The number of ether oxygens (including phenoxy) is 3. The van der Waals surface area contributed by atoms with Gasteiger partial charge in [-0.3, -0.25) is 0 Å². The summed E-state index contributed by atoms with van der Waals surface area (Å²) in [5.74, 6) is -1.37. The zero-order valence-electron chi connectivity index (χ0n) is 20.0. The maximum Gasteiger partial charge on any atom is 0.204 e. The number of aliphatic hydroxyl groups is 3. The Bertz CT molecular complexity index is 337. The summed E-state index contributed by atoms with van der Waals surface area (Å²) in [4.78, 5) is 0. The molecule has 0 rings (SSSR count). The zero-order chi connectivity index (χ0) is 22.6. The molecular formula is C24H50O6. The highest BCUT2D eigenvalue weighted by Gasteiger charge is 2.53. The Balaban J connectivity index is 5.25. The van der Waals surface area contributed by atoms with Crippen LogP contribution in [0.15, 0.2) is 0 Å². The van der Waals surface area contributed by atoms with Crippen LogP contribution in [0.25, 0.3) is 0 Å². The molecule has 0 aromatic rings. The quantitative estimate of drug-likeness (QED) is 0.163. The van der Waals surface area contributed by atoms with Crippen LogP contribution >= 0.6 is 0 Å². The molecule has 0 aromatic carbocycles. The van der Waals surface area contributed by atoms with Gasteiger partial charge in [0.2, 0.25) is 5.79 Å². The molecule has 0 aromatic heterocycles. The predicted molar refractivity (Wildman–Crippen MR) is 122 cm³/mol. The first-order valence-corrected chi connectivity index (χ1v) is 12.3. The molecular weight excluding hydrogens is 384 g/mol. The summed E-state index contributed by atoms with van der Waals surface area (Å²) in [5.41, 5.74) is -1.33. The largest absolute Gasteiger partial charge is 0.395 e. The van der Waals surface area contributed by atoms with E-state index in [-0.39, 0.29) is 6.61 Å². The van der Waals surface area contributed by atoms with Crippen molar-refractivity contribution in [3.8, 4) is 0 Å². The van der Waals surface area contributed by atoms with Crippen LogP contribution in [-0.2, 0) is 14.2 Å². The van der Waals surface area contributed by atoms with Gasteiger partial charge in [-0.15, -0.1) is 0 Å². The third-order valence-electron chi connectivity index (χ3n) is 5.82. The molecule has 0 amide bonds. The van der Waals surface area contributed by atoms with Gasteiger partial charge in [-0.25, -0.2) is 0 Å². The summed E-state index contributed by atoms with van der Waals surface area (Å²) in [6.45, 7) is 6.70. The van der Waals surface area contributed by atoms with Gasteiger partial charge in [0.25, 0.3) is 0 Å². The lowest BCUT2D eigenvalue weighted by atomic mass is 9.81. The smallest absolute Gasteiger partial charge is 0.204 e. The van der Waals surface area contributed by atoms with Crippen LogP contribution in [0, 0.1) is 5.41 Å². The van der Waals surface area contributed by atoms with E-state index in [1.54, 1.807) is 0 Å². The Kier molecular flexibility index (Phi) is 19.3. The molecule has 0 bridgehead atoms. The van der Waals surface area contributed by atoms with Crippen LogP contribution in [0.3, 0.4) is 0 Å². The second kappa shape index (κ2) is 19.4. The van der Waals surface area contributed by atoms with E-state index in [0.29, 0.717) is 19.8 Å². The number of hydrogen-bond acceptors (Lipinski definition) is 6. The van der Waals surface area contributed by atoms with Crippen molar-refractivity contribution in [1.29, 1.82) is 0 Å². The maximum atomic E-state index is 10.1. The zero-order valence-corrected chi connectivity index (χ0v) is 20.0. The fourth-order valence-electron chi connectivity index (χ4n) is 3.46. The minimum Gasteiger partial charge on any atom is -0.395 e. The van der Waals surface area contributed by atoms with E-state index in [1.807, 2.05) is 0 Å². The first-order valence-electron chi connectivity index (χ1n) is 12.3. The summed E-state index contributed by atoms with van der Waals surface area (Å²) >= 11 is 0. The van der Waals surface area contributed by atoms with E-state index < -0.39 is 31.0 Å². The summed E-state index contributed by atoms with van der Waals surface area (Å²) in [6, 6.07) is 0. The molecule has 0 saturated heterocycles. The fourth-order valence-corrected chi connectivity index (χ4v) is 3.46. The van der Waals surface area contributed by atoms with Gasteiger partial charge in [0.15, 0.2) is 0 Å². The number of aliphatic hydroxyl groups excluding tert-OH is 3. The number of unbranched alkanes of at least 4 members (excludes halogenated alkanes) is 9. The normalized spacial score (nSPS) is 12.6. The third-order valence-corrected chi connectivity index (χ3v) is 5.82. The molecule has 3 N–H and O–H groups in total. The Hall–Kier alpha value is -0.240. The minimum atomic E-state index is -1.37. The fraction of sp³-hybridized carbons (Fsp3) is 1.00. The Morgan fingerprint density at radius 3 is 1.30 bits per heavy atom. The second-order valence-electron chi connectivity index (χ2n) is 8.44. The van der Waals surface area contributed by atoms with Crippen molar-refractivity contribution in [2.45, 2.75) is 104 Å². The Labute approximate surface area is 185 Å². The van der Waals surface area contributed by atoms with Crippen LogP contribution in [0.1, 0.15) is 97.8 Å². The van der Waals surface area contributed by atoms with Crippen molar-refractivity contribution in [2.75, 3.05) is 46.2 Å². The van der Waals surface area contributed by atoms with E-state index in [1.165, 1.54) is 6.42 Å². The summed E-state index contributed by atoms with van der Waals surface area (Å²) < 4.78 is 18.4. The lowest BCUT2D eigenvalue weighted by Gasteiger charge is -2.46. The predicted octanol–water partition coefficient (Wildman–Crippen LogP) is 4.44. The van der Waals surface area contributed by atoms with Crippen molar-refractivity contribution in [3.63, 3.8) is 0 Å². The lowest BCUT2D eigenvalue weighted by molar-refractivity contribution is -0.338. The Morgan fingerprint density at radius 1 is 0.533 bits per heavy atom. The van der Waals surface area contributed by atoms with Crippen LogP contribution < -0.4 is 0 Å². The minimum absolute atomic E-state index is 0.0857. The van der Waals surface area contributed by atoms with Crippen molar-refractivity contribution >= 4 is 0 Å². The van der Waals surface area contributed by atoms with E-state index in [2.05, 4.69) is 20.8 Å². The SMILES string of the molecule is CCCCCCOCC(OCCCCCC)(OCCCCCC)C(CO)(CO)CO. The van der Waals surface area contributed by atoms with Gasteiger partial charge in [0, 0.05) is 6.61 Å². The van der Waals surface area contributed by atoms with Crippen molar-refractivity contribution in [2.24, 2.45) is 5.41 Å². The average molecular weight is 435 g/mol. The van der Waals surface area contributed by atoms with E-state index in [0.717, 1.165) is 70.6 Å². The van der Waals surface area contributed by atoms with Crippen molar-refractivity contribution in [3.05, 3.63) is 0 Å². The maximum absolute atomic E-state index is 10.1. The van der Waals surface area contributed by atoms with Gasteiger partial charge in [0.1, 0.15) is 6.61 Å². The van der Waals surface area contributed by atoms with Gasteiger partial charge in [0.05, 0.1) is 38.4 Å². The highest BCUT2D eigenvalue weighted by Crippen LogP contribution is 2.37. The molecule has 0 aliphatic rings. The molecule has 0 unspecified atom stereocenters. The number of hydrogen-bond donors (Lipinski definition) is 3. The van der Waals surface area contributed by atoms with Crippen LogP contribution in [0.2, 0.25) is 0 Å². The second-order valence-corrected chi connectivity index (χ2v) is 8.44. The first-order chi connectivity index (χ1) is 14.6. The summed E-state index contributed by atoms with van der Waals surface area (Å²) in [5, 5.41) is 30.4. The van der Waals surface area contributed by atoms with Gasteiger partial charge in [-0.1, -0.05) is 78.6 Å². The summed E-state index contributed by atoms with van der Waals surface area (Å²) in [6.07, 6.45) is 12.7. The number of rotatable bonds is 23. The molecule has 0 heterocycles. The molecule has 0 aliphatic carbocycles. The third kappa shape index (κ3) is 10.9. The van der Waals surface area contributed by atoms with Gasteiger partial charge >= 0.3 is 0 Å². The molecule has 0 fully saturated rings. The standard InChI is InChI=1S/C24H50O6/c1-4-7-10-13-16-28-22-24(23(19-25,20-26)21-27,29-17-14-11-8-5-2)30-18-15-12-9-6-3/h25-27H,4-22H2,1-3H3. The van der Waals surface area contributed by atoms with Gasteiger partial charge < -0.3 is 29.5 Å². The highest BCUT2D eigenvalue weighted by atomic mass is 16.7. The van der Waals surface area contributed by atoms with Crippen LogP contribution in [-0.4, -0.2) is 67.4 Å². The molecule has 6 nitrogen and oxygen atoms in total. The van der Waals surface area contributed by atoms with E-state index in [9.17, 15) is 15.3 Å². The van der Waals surface area contributed by atoms with Crippen LogP contribution in [0.5, 0.6) is 0 Å². The van der Waals surface area contributed by atoms with E-state index >= 15 is 0 Å². The average Bonchev–Trinajstić information content (AvgIpc) is 2.77. The Morgan fingerprint density at radius 2 is 0.933 bits per heavy atom. The van der Waals surface area contributed by atoms with Crippen molar-refractivity contribution < 1.29 is 29.5 Å². The topological polar surface area (TPSA) is 88.4 Å². The molecule has 0 saturated carbocycles. The molecule has 30 heavy (non-hydrogen) atoms. The van der Waals surface area contributed by atoms with Gasteiger partial charge in [-0.05, 0) is 19.3 Å². The highest BCUT2D eigenvalue weighted by molar-refractivity contribution is 4.94. The van der Waals surface area contributed by atoms with Gasteiger partial charge in [-0.2, -0.15) is 0 Å². The summed E-state index contributed by atoms with van der Waals surface area (Å²) in [7, 11) is 0. The van der Waals surface area contributed by atoms with Crippen LogP contribution in [0.4, 0.5) is 0 Å². The van der Waals surface area contributed by atoms with E-state index in [4.69, 9.17) is 14.2 Å².